The van der Waals surface area contributed by atoms with Crippen LogP contribution in [0.1, 0.15) is 11.1 Å². The van der Waals surface area contributed by atoms with Crippen molar-refractivity contribution in [1.29, 1.82) is 0 Å². The number of hydrogen-bond acceptors (Lipinski definition) is 2. The highest BCUT2D eigenvalue weighted by Crippen LogP contribution is 2.44. The van der Waals surface area contributed by atoms with E-state index in [1.807, 2.05) is 12.1 Å². The van der Waals surface area contributed by atoms with Crippen LogP contribution in [-0.4, -0.2) is 19.1 Å². The Morgan fingerprint density at radius 1 is 0.365 bits per heavy atom. The number of nitrogens with zero attached hydrogens (tertiary/aromatic N) is 4. The molecule has 1 aliphatic rings. The van der Waals surface area contributed by atoms with E-state index in [1.165, 1.54) is 60.4 Å². The fraction of sp³-hybridized carbons (Fsp3) is 0.0417. The fourth-order valence-electron chi connectivity index (χ4n) is 8.48. The van der Waals surface area contributed by atoms with Crippen molar-refractivity contribution in [3.05, 3.63) is 181 Å². The van der Waals surface area contributed by atoms with Gasteiger partial charge in [0.1, 0.15) is 0 Å². The van der Waals surface area contributed by atoms with Crippen molar-refractivity contribution >= 4 is 43.6 Å². The molecule has 0 bridgehead atoms. The predicted molar refractivity (Wildman–Crippen MR) is 214 cm³/mol. The molecule has 0 atom stereocenters. The van der Waals surface area contributed by atoms with Crippen molar-refractivity contribution in [2.75, 3.05) is 0 Å². The lowest BCUT2D eigenvalue weighted by Gasteiger charge is -2.17. The molecule has 0 unspecified atom stereocenters. The molecule has 0 spiro atoms. The van der Waals surface area contributed by atoms with Gasteiger partial charge in [-0.1, -0.05) is 115 Å². The topological polar surface area (TPSA) is 35.6 Å². The second kappa shape index (κ2) is 11.4. The summed E-state index contributed by atoms with van der Waals surface area (Å²) in [5, 5.41) is 5.23. The van der Waals surface area contributed by atoms with Gasteiger partial charge in [-0.05, 0) is 78.6 Å². The highest BCUT2D eigenvalue weighted by Gasteiger charge is 2.25. The third-order valence-corrected chi connectivity index (χ3v) is 10.8. The lowest BCUT2D eigenvalue weighted by Crippen LogP contribution is -2.02. The number of fused-ring (bicyclic) bond motifs is 3. The molecule has 52 heavy (non-hydrogen) atoms. The van der Waals surface area contributed by atoms with Gasteiger partial charge in [0.25, 0.3) is 0 Å². The number of benzene rings is 7. The van der Waals surface area contributed by atoms with E-state index >= 15 is 0 Å². The third kappa shape index (κ3) is 4.41. The van der Waals surface area contributed by atoms with Crippen molar-refractivity contribution in [3.63, 3.8) is 0 Å². The van der Waals surface area contributed by atoms with Crippen LogP contribution in [0.2, 0.25) is 0 Å². The van der Waals surface area contributed by atoms with Crippen molar-refractivity contribution in [2.45, 2.75) is 12.8 Å². The lowest BCUT2D eigenvalue weighted by atomic mass is 9.89. The molecule has 0 amide bonds. The van der Waals surface area contributed by atoms with Gasteiger partial charge in [-0.25, -0.2) is 9.97 Å². The van der Waals surface area contributed by atoms with E-state index in [4.69, 9.17) is 9.97 Å². The molecule has 0 fully saturated rings. The lowest BCUT2D eigenvalue weighted by molar-refractivity contribution is 0.965. The van der Waals surface area contributed by atoms with Gasteiger partial charge in [0.2, 0.25) is 0 Å². The Labute approximate surface area is 300 Å². The molecule has 0 aliphatic heterocycles. The van der Waals surface area contributed by atoms with Crippen LogP contribution in [0.15, 0.2) is 170 Å². The maximum Gasteiger partial charge on any atom is 0.160 e. The Morgan fingerprint density at radius 2 is 0.846 bits per heavy atom. The molecule has 3 heterocycles. The fourth-order valence-corrected chi connectivity index (χ4v) is 8.48. The van der Waals surface area contributed by atoms with Gasteiger partial charge in [0.05, 0.1) is 33.5 Å². The number of para-hydroxylation sites is 3. The molecule has 0 N–H and O–H groups in total. The standard InChI is InChI=1S/C48H32N4/c1-4-14-31(15-5-1)40-30-41(32-16-6-2-7-17-32)50-48(49-40)35-26-33-24-25-34-27-37(52-42-22-12-10-20-38(42)39-21-11-13-23-43(39)52)29-45-47(34)46(33)44(28-35)51(45)36-18-8-3-9-19-36/h1-23,26-30H,24-25H2. The molecule has 11 rings (SSSR count). The smallest absolute Gasteiger partial charge is 0.160 e. The van der Waals surface area contributed by atoms with Crippen molar-refractivity contribution in [3.8, 4) is 45.3 Å². The van der Waals surface area contributed by atoms with Crippen molar-refractivity contribution in [2.24, 2.45) is 0 Å². The Hall–Kier alpha value is -6.78. The molecule has 0 saturated heterocycles. The molecule has 244 valence electrons. The average molecular weight is 665 g/mol. The van der Waals surface area contributed by atoms with E-state index in [1.54, 1.807) is 0 Å². The SMILES string of the molecule is c1ccc(-c2cc(-c3ccccc3)nc(-c3cc4c5c6c(cc(-n7c8ccccc8c8ccccc87)cc6n(-c6ccccc6)c5c3)CC4)n2)cc1. The monoisotopic (exact) mass is 664 g/mol. The number of hydrogen-bond donors (Lipinski definition) is 0. The minimum atomic E-state index is 0.736. The minimum absolute atomic E-state index is 0.736. The summed E-state index contributed by atoms with van der Waals surface area (Å²) in [6, 6.07) is 60.8. The first kappa shape index (κ1) is 29.0. The first-order chi connectivity index (χ1) is 25.8. The van der Waals surface area contributed by atoms with Crippen LogP contribution >= 0.6 is 0 Å². The first-order valence-corrected chi connectivity index (χ1v) is 18.0. The summed E-state index contributed by atoms with van der Waals surface area (Å²) in [4.78, 5) is 10.5. The van der Waals surface area contributed by atoms with Crippen LogP contribution in [0.5, 0.6) is 0 Å². The highest BCUT2D eigenvalue weighted by molar-refractivity contribution is 6.15. The van der Waals surface area contributed by atoms with Gasteiger partial charge >= 0.3 is 0 Å². The molecule has 3 aromatic heterocycles. The largest absolute Gasteiger partial charge is 0.309 e. The molecule has 0 saturated carbocycles. The zero-order valence-electron chi connectivity index (χ0n) is 28.4. The number of rotatable bonds is 5. The van der Waals surface area contributed by atoms with Gasteiger partial charge in [0, 0.05) is 49.6 Å². The van der Waals surface area contributed by atoms with Crippen molar-refractivity contribution in [1.82, 2.24) is 19.1 Å². The highest BCUT2D eigenvalue weighted by atomic mass is 15.0. The average Bonchev–Trinajstić information content (AvgIpc) is 3.74. The zero-order chi connectivity index (χ0) is 34.2. The second-order valence-electron chi connectivity index (χ2n) is 13.8. The Kier molecular flexibility index (Phi) is 6.34. The molecule has 1 aliphatic carbocycles. The van der Waals surface area contributed by atoms with E-state index < -0.39 is 0 Å². The van der Waals surface area contributed by atoms with E-state index in [2.05, 4.69) is 167 Å². The maximum absolute atomic E-state index is 5.24. The molecule has 10 aromatic rings. The van der Waals surface area contributed by atoms with E-state index in [0.717, 1.165) is 52.4 Å². The molecule has 4 heteroatoms. The minimum Gasteiger partial charge on any atom is -0.309 e. The summed E-state index contributed by atoms with van der Waals surface area (Å²) >= 11 is 0. The quantitative estimate of drug-likeness (QED) is 0.184. The van der Waals surface area contributed by atoms with E-state index in [0.29, 0.717) is 0 Å². The third-order valence-electron chi connectivity index (χ3n) is 10.8. The normalized spacial score (nSPS) is 12.5. The summed E-state index contributed by atoms with van der Waals surface area (Å²) in [7, 11) is 0. The summed E-state index contributed by atoms with van der Waals surface area (Å²) in [6.07, 6.45) is 1.91. The Morgan fingerprint density at radius 3 is 1.44 bits per heavy atom. The second-order valence-corrected chi connectivity index (χ2v) is 13.8. The number of aryl methyl sites for hydroxylation is 2. The molecular weight excluding hydrogens is 633 g/mol. The van der Waals surface area contributed by atoms with Gasteiger partial charge in [-0.15, -0.1) is 0 Å². The summed E-state index contributed by atoms with van der Waals surface area (Å²) in [5.41, 5.74) is 14.9. The summed E-state index contributed by atoms with van der Waals surface area (Å²) < 4.78 is 4.91. The van der Waals surface area contributed by atoms with Crippen LogP contribution in [0.4, 0.5) is 0 Å². The Bertz CT molecular complexity index is 2880. The molecule has 7 aromatic carbocycles. The van der Waals surface area contributed by atoms with Gasteiger partial charge < -0.3 is 9.13 Å². The molecule has 0 radical (unpaired) electrons. The van der Waals surface area contributed by atoms with Crippen LogP contribution in [0, 0.1) is 0 Å². The maximum atomic E-state index is 5.24. The predicted octanol–water partition coefficient (Wildman–Crippen LogP) is 11.8. The first-order valence-electron chi connectivity index (χ1n) is 18.0. The van der Waals surface area contributed by atoms with E-state index in [-0.39, 0.29) is 0 Å². The van der Waals surface area contributed by atoms with Crippen LogP contribution < -0.4 is 0 Å². The molecule has 4 nitrogen and oxygen atoms in total. The van der Waals surface area contributed by atoms with Crippen LogP contribution in [-0.2, 0) is 12.8 Å². The molecular formula is C48H32N4. The summed E-state index contributed by atoms with van der Waals surface area (Å²) in [5.74, 6) is 0.736. The van der Waals surface area contributed by atoms with Crippen molar-refractivity contribution < 1.29 is 0 Å². The van der Waals surface area contributed by atoms with E-state index in [9.17, 15) is 0 Å². The van der Waals surface area contributed by atoms with Gasteiger partial charge in [-0.2, -0.15) is 0 Å². The summed E-state index contributed by atoms with van der Waals surface area (Å²) in [6.45, 7) is 0. The van der Waals surface area contributed by atoms with Crippen LogP contribution in [0.3, 0.4) is 0 Å². The van der Waals surface area contributed by atoms with Gasteiger partial charge in [0.15, 0.2) is 5.82 Å². The zero-order valence-corrected chi connectivity index (χ0v) is 28.4. The van der Waals surface area contributed by atoms with Gasteiger partial charge in [-0.3, -0.25) is 0 Å². The number of aromatic nitrogens is 4. The van der Waals surface area contributed by atoms with Crippen LogP contribution in [0.25, 0.3) is 88.9 Å². The Balaban J connectivity index is 1.20.